The number of rotatable bonds is 3. The van der Waals surface area contributed by atoms with Crippen LogP contribution in [0.2, 0.25) is 0 Å². The monoisotopic (exact) mass is 511 g/mol. The topological polar surface area (TPSA) is 22.2 Å². The Morgan fingerprint density at radius 1 is 0.625 bits per heavy atom. The Labute approximate surface area is 231 Å². The van der Waals surface area contributed by atoms with E-state index in [1.165, 1.54) is 60.3 Å². The SMILES string of the molecule is C1=CCCC(c2nc3ccc4c5c6c(cccc6n4-c4cccc(-c6ccccc6)c4)c4ccccc4n2c35)=C1. The number of fused-ring (bicyclic) bond motifs is 3. The molecule has 0 radical (unpaired) electrons. The lowest BCUT2D eigenvalue weighted by Crippen LogP contribution is -1.97. The summed E-state index contributed by atoms with van der Waals surface area (Å²) >= 11 is 0. The van der Waals surface area contributed by atoms with Gasteiger partial charge in [-0.1, -0.05) is 91.0 Å². The van der Waals surface area contributed by atoms with Crippen molar-refractivity contribution in [1.29, 1.82) is 0 Å². The number of allylic oxidation sites excluding steroid dienone is 4. The van der Waals surface area contributed by atoms with E-state index in [9.17, 15) is 0 Å². The van der Waals surface area contributed by atoms with Gasteiger partial charge in [-0.05, 0) is 71.3 Å². The molecule has 8 aromatic rings. The fraction of sp³-hybridized carbons (Fsp3) is 0.0541. The summed E-state index contributed by atoms with van der Waals surface area (Å²) in [6.45, 7) is 0. The minimum absolute atomic E-state index is 1.00. The predicted molar refractivity (Wildman–Crippen MR) is 168 cm³/mol. The van der Waals surface area contributed by atoms with E-state index < -0.39 is 0 Å². The van der Waals surface area contributed by atoms with Crippen LogP contribution in [0, 0.1) is 0 Å². The Morgan fingerprint density at radius 3 is 2.30 bits per heavy atom. The lowest BCUT2D eigenvalue weighted by molar-refractivity contribution is 1.01. The second-order valence-electron chi connectivity index (χ2n) is 10.7. The van der Waals surface area contributed by atoms with Crippen molar-refractivity contribution in [3.63, 3.8) is 0 Å². The molecule has 40 heavy (non-hydrogen) atoms. The zero-order valence-corrected chi connectivity index (χ0v) is 21.9. The summed E-state index contributed by atoms with van der Waals surface area (Å²) in [5.74, 6) is 1.05. The Hall–Kier alpha value is -5.15. The van der Waals surface area contributed by atoms with E-state index in [0.717, 1.165) is 29.9 Å². The van der Waals surface area contributed by atoms with Gasteiger partial charge in [-0.15, -0.1) is 0 Å². The second-order valence-corrected chi connectivity index (χ2v) is 10.7. The molecule has 3 heterocycles. The van der Waals surface area contributed by atoms with Gasteiger partial charge in [0.2, 0.25) is 0 Å². The molecular formula is C37H25N3. The maximum Gasteiger partial charge on any atom is 0.141 e. The van der Waals surface area contributed by atoms with Crippen LogP contribution in [0.1, 0.15) is 18.7 Å². The molecule has 3 aromatic heterocycles. The summed E-state index contributed by atoms with van der Waals surface area (Å²) < 4.78 is 4.87. The Morgan fingerprint density at radius 2 is 1.40 bits per heavy atom. The summed E-state index contributed by atoms with van der Waals surface area (Å²) in [6, 6.07) is 39.6. The summed E-state index contributed by atoms with van der Waals surface area (Å²) in [5.41, 5.74) is 10.8. The highest BCUT2D eigenvalue weighted by molar-refractivity contribution is 6.30. The molecule has 5 aromatic carbocycles. The van der Waals surface area contributed by atoms with Crippen LogP contribution in [-0.2, 0) is 0 Å². The fourth-order valence-corrected chi connectivity index (χ4v) is 6.80. The number of benzene rings is 5. The largest absolute Gasteiger partial charge is 0.309 e. The molecule has 0 atom stereocenters. The average Bonchev–Trinajstić information content (AvgIpc) is 3.54. The first-order chi connectivity index (χ1) is 19.9. The van der Waals surface area contributed by atoms with Crippen LogP contribution in [0.15, 0.2) is 127 Å². The van der Waals surface area contributed by atoms with Crippen molar-refractivity contribution in [3.8, 4) is 16.8 Å². The van der Waals surface area contributed by atoms with Crippen LogP contribution in [-0.4, -0.2) is 14.0 Å². The first-order valence-electron chi connectivity index (χ1n) is 14.0. The van der Waals surface area contributed by atoms with E-state index in [-0.39, 0.29) is 0 Å². The Kier molecular flexibility index (Phi) is 4.44. The molecule has 0 N–H and O–H groups in total. The summed E-state index contributed by atoms with van der Waals surface area (Å²) in [5, 5.41) is 5.09. The predicted octanol–water partition coefficient (Wildman–Crippen LogP) is 9.58. The number of nitrogens with zero attached hydrogens (tertiary/aromatic N) is 3. The molecule has 188 valence electrons. The third kappa shape index (κ3) is 2.92. The Bertz CT molecular complexity index is 2310. The maximum absolute atomic E-state index is 5.28. The fourth-order valence-electron chi connectivity index (χ4n) is 6.80. The first-order valence-corrected chi connectivity index (χ1v) is 14.0. The van der Waals surface area contributed by atoms with Gasteiger partial charge < -0.3 is 4.57 Å². The van der Waals surface area contributed by atoms with Crippen LogP contribution in [0.3, 0.4) is 0 Å². The van der Waals surface area contributed by atoms with Crippen molar-refractivity contribution in [1.82, 2.24) is 14.0 Å². The molecule has 1 aliphatic rings. The smallest absolute Gasteiger partial charge is 0.141 e. The summed E-state index contributed by atoms with van der Waals surface area (Å²) in [4.78, 5) is 5.28. The zero-order chi connectivity index (χ0) is 26.2. The van der Waals surface area contributed by atoms with Crippen molar-refractivity contribution in [2.24, 2.45) is 0 Å². The molecule has 1 aliphatic carbocycles. The van der Waals surface area contributed by atoms with Gasteiger partial charge in [0.1, 0.15) is 5.82 Å². The van der Waals surface area contributed by atoms with Crippen molar-refractivity contribution >= 4 is 54.7 Å². The van der Waals surface area contributed by atoms with Gasteiger partial charge in [0.25, 0.3) is 0 Å². The highest BCUT2D eigenvalue weighted by Crippen LogP contribution is 2.43. The standard InChI is InChI=1S/C37H25N3/c1-3-11-24(12-4-1)26-15-9-16-27(23-26)39-32-20-10-18-29-28-17-7-8-19-31(28)40-36-30(21-22-33(39)35(36)34(29)32)38-37(40)25-13-5-2-6-14-25/h1-5,7-13,15-23H,6,14H2. The van der Waals surface area contributed by atoms with Gasteiger partial charge in [0.05, 0.1) is 27.6 Å². The molecule has 3 nitrogen and oxygen atoms in total. The van der Waals surface area contributed by atoms with Gasteiger partial charge in [-0.25, -0.2) is 4.98 Å². The molecule has 9 rings (SSSR count). The van der Waals surface area contributed by atoms with Gasteiger partial charge >= 0.3 is 0 Å². The molecule has 0 unspecified atom stereocenters. The zero-order valence-electron chi connectivity index (χ0n) is 21.9. The number of hydrogen-bond donors (Lipinski definition) is 0. The lowest BCUT2D eigenvalue weighted by Gasteiger charge is -2.11. The molecule has 3 heteroatoms. The van der Waals surface area contributed by atoms with Gasteiger partial charge in [0.15, 0.2) is 0 Å². The molecule has 0 fully saturated rings. The van der Waals surface area contributed by atoms with Crippen LogP contribution in [0.5, 0.6) is 0 Å². The van der Waals surface area contributed by atoms with Crippen molar-refractivity contribution in [2.75, 3.05) is 0 Å². The highest BCUT2D eigenvalue weighted by atomic mass is 15.0. The van der Waals surface area contributed by atoms with Gasteiger partial charge in [0, 0.05) is 21.8 Å². The lowest BCUT2D eigenvalue weighted by atomic mass is 10.0. The third-order valence-electron chi connectivity index (χ3n) is 8.52. The molecule has 0 amide bonds. The van der Waals surface area contributed by atoms with Crippen LogP contribution < -0.4 is 0 Å². The van der Waals surface area contributed by atoms with Crippen molar-refractivity contribution in [2.45, 2.75) is 12.8 Å². The van der Waals surface area contributed by atoms with E-state index in [1.54, 1.807) is 0 Å². The van der Waals surface area contributed by atoms with Crippen LogP contribution in [0.25, 0.3) is 71.5 Å². The normalized spacial score (nSPS) is 13.8. The van der Waals surface area contributed by atoms with Crippen LogP contribution in [0.4, 0.5) is 0 Å². The minimum atomic E-state index is 1.00. The minimum Gasteiger partial charge on any atom is -0.309 e. The summed E-state index contributed by atoms with van der Waals surface area (Å²) in [6.07, 6.45) is 8.70. The van der Waals surface area contributed by atoms with E-state index in [4.69, 9.17) is 4.98 Å². The van der Waals surface area contributed by atoms with Gasteiger partial charge in [-0.3, -0.25) is 4.40 Å². The number of aromatic nitrogens is 3. The number of imidazole rings is 1. The van der Waals surface area contributed by atoms with E-state index in [2.05, 4.69) is 136 Å². The molecule has 0 spiro atoms. The van der Waals surface area contributed by atoms with E-state index in [0.29, 0.717) is 0 Å². The second kappa shape index (κ2) is 8.17. The molecular weight excluding hydrogens is 486 g/mol. The molecule has 0 bridgehead atoms. The maximum atomic E-state index is 5.28. The number of para-hydroxylation sites is 1. The van der Waals surface area contributed by atoms with E-state index >= 15 is 0 Å². The van der Waals surface area contributed by atoms with Crippen molar-refractivity contribution in [3.05, 3.63) is 133 Å². The third-order valence-corrected chi connectivity index (χ3v) is 8.52. The highest BCUT2D eigenvalue weighted by Gasteiger charge is 2.24. The molecule has 0 aliphatic heterocycles. The average molecular weight is 512 g/mol. The quantitative estimate of drug-likeness (QED) is 0.231. The summed E-state index contributed by atoms with van der Waals surface area (Å²) in [7, 11) is 0. The molecule has 0 saturated heterocycles. The van der Waals surface area contributed by atoms with Crippen LogP contribution >= 0.6 is 0 Å². The van der Waals surface area contributed by atoms with E-state index in [1.807, 2.05) is 0 Å². The molecule has 0 saturated carbocycles. The Balaban J connectivity index is 1.48. The number of hydrogen-bond acceptors (Lipinski definition) is 1. The van der Waals surface area contributed by atoms with Crippen molar-refractivity contribution < 1.29 is 0 Å². The first kappa shape index (κ1) is 21.7. The van der Waals surface area contributed by atoms with Gasteiger partial charge in [-0.2, -0.15) is 0 Å².